The molecule has 2 bridgehead atoms. The van der Waals surface area contributed by atoms with Crippen LogP contribution < -0.4 is 0 Å². The van der Waals surface area contributed by atoms with Gasteiger partial charge in [-0.05, 0) is 24.7 Å². The Morgan fingerprint density at radius 2 is 2.12 bits per heavy atom. The number of allylic oxidation sites excluding steroid dienone is 2. The Kier molecular flexibility index (Phi) is 0.916. The Hall–Kier alpha value is 0.0300. The van der Waals surface area contributed by atoms with Crippen LogP contribution >= 0.6 is 11.6 Å². The fourth-order valence-electron chi connectivity index (χ4n) is 1.71. The first-order chi connectivity index (χ1) is 3.86. The minimum absolute atomic E-state index is 0.463. The third-order valence-electron chi connectivity index (χ3n) is 2.20. The molecule has 1 unspecified atom stereocenters. The molecule has 1 heteroatoms. The van der Waals surface area contributed by atoms with Gasteiger partial charge in [0.25, 0.3) is 0 Å². The number of hydrogen-bond donors (Lipinski definition) is 0. The van der Waals surface area contributed by atoms with Crippen molar-refractivity contribution in [3.05, 3.63) is 12.2 Å². The molecule has 2 rings (SSSR count). The van der Waals surface area contributed by atoms with Gasteiger partial charge in [0.1, 0.15) is 0 Å². The van der Waals surface area contributed by atoms with Crippen molar-refractivity contribution in [3.8, 4) is 0 Å². The summed E-state index contributed by atoms with van der Waals surface area (Å²) in [7, 11) is 0. The highest BCUT2D eigenvalue weighted by Crippen LogP contribution is 2.41. The maximum Gasteiger partial charge on any atom is 0.0404 e. The van der Waals surface area contributed by atoms with Crippen LogP contribution in [0.15, 0.2) is 12.2 Å². The lowest BCUT2D eigenvalue weighted by Gasteiger charge is -2.07. The SMILES string of the molecule is ClC1C[C@H]2C=C[C@@H]1C2. The molecule has 0 radical (unpaired) electrons. The molecule has 0 amide bonds. The van der Waals surface area contributed by atoms with E-state index in [9.17, 15) is 0 Å². The van der Waals surface area contributed by atoms with Gasteiger partial charge in [0, 0.05) is 5.38 Å². The lowest BCUT2D eigenvalue weighted by atomic mass is 10.1. The summed E-state index contributed by atoms with van der Waals surface area (Å²) in [6.07, 6.45) is 7.13. The minimum Gasteiger partial charge on any atom is -0.122 e. The summed E-state index contributed by atoms with van der Waals surface area (Å²) < 4.78 is 0. The minimum atomic E-state index is 0.463. The molecule has 3 atom stereocenters. The molecule has 0 aromatic carbocycles. The first-order valence-corrected chi connectivity index (χ1v) is 3.62. The highest BCUT2D eigenvalue weighted by Gasteiger charge is 2.33. The molecule has 2 aliphatic carbocycles. The predicted octanol–water partition coefficient (Wildman–Crippen LogP) is 2.19. The van der Waals surface area contributed by atoms with E-state index in [2.05, 4.69) is 12.2 Å². The Morgan fingerprint density at radius 1 is 1.25 bits per heavy atom. The molecule has 0 nitrogen and oxygen atoms in total. The Labute approximate surface area is 54.5 Å². The first-order valence-electron chi connectivity index (χ1n) is 3.18. The molecule has 0 spiro atoms. The quantitative estimate of drug-likeness (QED) is 0.347. The number of fused-ring (bicyclic) bond motifs is 2. The van der Waals surface area contributed by atoms with Crippen LogP contribution in [0.5, 0.6) is 0 Å². The Balaban J connectivity index is 2.23. The zero-order valence-corrected chi connectivity index (χ0v) is 5.43. The van der Waals surface area contributed by atoms with Crippen molar-refractivity contribution >= 4 is 11.6 Å². The molecule has 0 heterocycles. The van der Waals surface area contributed by atoms with Crippen molar-refractivity contribution in [1.82, 2.24) is 0 Å². The second kappa shape index (κ2) is 1.51. The predicted molar refractivity (Wildman–Crippen MR) is 35.0 cm³/mol. The summed E-state index contributed by atoms with van der Waals surface area (Å²) in [6.45, 7) is 0. The monoisotopic (exact) mass is 128 g/mol. The van der Waals surface area contributed by atoms with Crippen LogP contribution in [0, 0.1) is 11.8 Å². The van der Waals surface area contributed by atoms with Crippen molar-refractivity contribution in [1.29, 1.82) is 0 Å². The Morgan fingerprint density at radius 3 is 2.38 bits per heavy atom. The zero-order chi connectivity index (χ0) is 5.56. The first kappa shape index (κ1) is 4.87. The maximum absolute atomic E-state index is 5.96. The number of rotatable bonds is 0. The second-order valence-electron chi connectivity index (χ2n) is 2.80. The van der Waals surface area contributed by atoms with Gasteiger partial charge in [0.05, 0.1) is 0 Å². The molecule has 44 valence electrons. The normalized spacial score (nSPS) is 50.9. The van der Waals surface area contributed by atoms with E-state index in [1.807, 2.05) is 0 Å². The van der Waals surface area contributed by atoms with E-state index in [1.54, 1.807) is 0 Å². The van der Waals surface area contributed by atoms with E-state index in [0.717, 1.165) is 11.8 Å². The molecule has 1 saturated carbocycles. The zero-order valence-electron chi connectivity index (χ0n) is 4.68. The van der Waals surface area contributed by atoms with Crippen LogP contribution in [-0.4, -0.2) is 5.38 Å². The molecule has 0 N–H and O–H groups in total. The van der Waals surface area contributed by atoms with Gasteiger partial charge < -0.3 is 0 Å². The van der Waals surface area contributed by atoms with E-state index in [-0.39, 0.29) is 0 Å². The van der Waals surface area contributed by atoms with Crippen molar-refractivity contribution in [2.75, 3.05) is 0 Å². The maximum atomic E-state index is 5.96. The molecule has 0 aliphatic heterocycles. The average molecular weight is 129 g/mol. The van der Waals surface area contributed by atoms with Crippen LogP contribution in [-0.2, 0) is 0 Å². The topological polar surface area (TPSA) is 0 Å². The van der Waals surface area contributed by atoms with Gasteiger partial charge in [-0.15, -0.1) is 11.6 Å². The molecule has 0 aromatic heterocycles. The van der Waals surface area contributed by atoms with Crippen molar-refractivity contribution in [2.24, 2.45) is 11.8 Å². The molecular weight excluding hydrogens is 120 g/mol. The molecular formula is C7H9Cl. The lowest BCUT2D eigenvalue weighted by molar-refractivity contribution is 0.692. The van der Waals surface area contributed by atoms with E-state index < -0.39 is 0 Å². The van der Waals surface area contributed by atoms with Crippen LogP contribution in [0.25, 0.3) is 0 Å². The molecule has 1 fully saturated rings. The van der Waals surface area contributed by atoms with Crippen LogP contribution in [0.1, 0.15) is 12.8 Å². The fraction of sp³-hybridized carbons (Fsp3) is 0.714. The van der Waals surface area contributed by atoms with Gasteiger partial charge in [-0.2, -0.15) is 0 Å². The highest BCUT2D eigenvalue weighted by atomic mass is 35.5. The van der Waals surface area contributed by atoms with Gasteiger partial charge in [0.2, 0.25) is 0 Å². The van der Waals surface area contributed by atoms with E-state index in [4.69, 9.17) is 11.6 Å². The van der Waals surface area contributed by atoms with Crippen molar-refractivity contribution < 1.29 is 0 Å². The van der Waals surface area contributed by atoms with Gasteiger partial charge in [-0.1, -0.05) is 12.2 Å². The molecule has 0 saturated heterocycles. The number of halogens is 1. The Bertz CT molecular complexity index is 128. The summed E-state index contributed by atoms with van der Waals surface area (Å²) in [5.41, 5.74) is 0. The lowest BCUT2D eigenvalue weighted by Crippen LogP contribution is -2.03. The molecule has 0 aromatic rings. The van der Waals surface area contributed by atoms with Crippen molar-refractivity contribution in [2.45, 2.75) is 18.2 Å². The summed E-state index contributed by atoms with van der Waals surface area (Å²) in [4.78, 5) is 0. The van der Waals surface area contributed by atoms with E-state index in [0.29, 0.717) is 5.38 Å². The van der Waals surface area contributed by atoms with Gasteiger partial charge in [0.15, 0.2) is 0 Å². The van der Waals surface area contributed by atoms with E-state index >= 15 is 0 Å². The van der Waals surface area contributed by atoms with Gasteiger partial charge in [-0.25, -0.2) is 0 Å². The fourth-order valence-corrected chi connectivity index (χ4v) is 2.13. The third-order valence-corrected chi connectivity index (χ3v) is 2.70. The van der Waals surface area contributed by atoms with Crippen LogP contribution in [0.4, 0.5) is 0 Å². The standard InChI is InChI=1S/C7H9Cl/c8-7-4-5-1-2-6(7)3-5/h1-2,5-7H,3-4H2/t5-,6+,7?/m0/s1. The van der Waals surface area contributed by atoms with Gasteiger partial charge >= 0.3 is 0 Å². The average Bonchev–Trinajstić information content (AvgIpc) is 2.23. The van der Waals surface area contributed by atoms with Crippen LogP contribution in [0.3, 0.4) is 0 Å². The number of alkyl halides is 1. The van der Waals surface area contributed by atoms with Gasteiger partial charge in [-0.3, -0.25) is 0 Å². The summed E-state index contributed by atoms with van der Waals surface area (Å²) in [5, 5.41) is 0.463. The largest absolute Gasteiger partial charge is 0.122 e. The van der Waals surface area contributed by atoms with Crippen molar-refractivity contribution in [3.63, 3.8) is 0 Å². The summed E-state index contributed by atoms with van der Waals surface area (Å²) in [5.74, 6) is 1.56. The number of hydrogen-bond acceptors (Lipinski definition) is 0. The van der Waals surface area contributed by atoms with E-state index in [1.165, 1.54) is 12.8 Å². The molecule has 2 aliphatic rings. The summed E-state index contributed by atoms with van der Waals surface area (Å²) in [6, 6.07) is 0. The second-order valence-corrected chi connectivity index (χ2v) is 3.36. The third kappa shape index (κ3) is 0.526. The summed E-state index contributed by atoms with van der Waals surface area (Å²) >= 11 is 5.96. The highest BCUT2D eigenvalue weighted by molar-refractivity contribution is 6.21. The molecule has 8 heavy (non-hydrogen) atoms. The smallest absolute Gasteiger partial charge is 0.0404 e. The van der Waals surface area contributed by atoms with Crippen LogP contribution in [0.2, 0.25) is 0 Å².